The van der Waals surface area contributed by atoms with E-state index in [1.165, 1.54) is 51.7 Å². The zero-order chi connectivity index (χ0) is 17.3. The molecule has 0 saturated carbocycles. The van der Waals surface area contributed by atoms with E-state index in [2.05, 4.69) is 19.9 Å². The summed E-state index contributed by atoms with van der Waals surface area (Å²) in [6, 6.07) is 5.81. The van der Waals surface area contributed by atoms with Gasteiger partial charge in [-0.1, -0.05) is 6.42 Å². The fourth-order valence-corrected chi connectivity index (χ4v) is 3.26. The van der Waals surface area contributed by atoms with Gasteiger partial charge in [0.1, 0.15) is 5.82 Å². The van der Waals surface area contributed by atoms with Crippen LogP contribution in [0.1, 0.15) is 44.3 Å². The van der Waals surface area contributed by atoms with Gasteiger partial charge in [0.25, 0.3) is 0 Å². The van der Waals surface area contributed by atoms with Gasteiger partial charge in [-0.05, 0) is 70.8 Å². The van der Waals surface area contributed by atoms with Crippen molar-refractivity contribution in [2.45, 2.75) is 45.4 Å². The largest absolute Gasteiger partial charge is 0.478 e. The van der Waals surface area contributed by atoms with Gasteiger partial charge < -0.3 is 9.64 Å². The highest BCUT2D eigenvalue weighted by Gasteiger charge is 2.09. The van der Waals surface area contributed by atoms with Crippen LogP contribution >= 0.6 is 0 Å². The van der Waals surface area contributed by atoms with Crippen LogP contribution in [-0.4, -0.2) is 46.1 Å². The van der Waals surface area contributed by atoms with Crippen LogP contribution in [0, 0.1) is 6.92 Å². The van der Waals surface area contributed by atoms with Crippen LogP contribution in [0.15, 0.2) is 30.6 Å². The molecular formula is C20H28N4O. The van der Waals surface area contributed by atoms with Crippen molar-refractivity contribution < 1.29 is 4.74 Å². The lowest BCUT2D eigenvalue weighted by Gasteiger charge is -2.26. The van der Waals surface area contributed by atoms with E-state index in [1.54, 1.807) is 12.4 Å². The zero-order valence-corrected chi connectivity index (χ0v) is 15.2. The van der Waals surface area contributed by atoms with Crippen LogP contribution < -0.4 is 4.74 Å². The third-order valence-electron chi connectivity index (χ3n) is 4.61. The molecule has 0 N–H and O–H groups in total. The lowest BCUT2D eigenvalue weighted by atomic mass is 10.1. The first kappa shape index (κ1) is 17.8. The number of aromatic nitrogens is 3. The molecule has 2 aromatic rings. The number of hydrogen-bond donors (Lipinski definition) is 0. The Hall–Kier alpha value is -2.01. The predicted molar refractivity (Wildman–Crippen MR) is 99.6 cm³/mol. The second-order valence-electron chi connectivity index (χ2n) is 6.69. The molecule has 0 radical (unpaired) electrons. The highest BCUT2D eigenvalue weighted by atomic mass is 16.5. The van der Waals surface area contributed by atoms with Gasteiger partial charge in [0.05, 0.1) is 12.3 Å². The topological polar surface area (TPSA) is 51.1 Å². The molecule has 5 heteroatoms. The molecule has 1 saturated heterocycles. The Bertz CT molecular complexity index is 641. The van der Waals surface area contributed by atoms with Gasteiger partial charge in [0.2, 0.25) is 5.88 Å². The SMILES string of the molecule is Cc1nc(OCCCCCN2CCCCC2)cc(-c2ccncc2)n1. The van der Waals surface area contributed by atoms with Crippen LogP contribution in [0.4, 0.5) is 0 Å². The number of ether oxygens (including phenoxy) is 1. The van der Waals surface area contributed by atoms with Crippen LogP contribution in [0.3, 0.4) is 0 Å². The average molecular weight is 340 g/mol. The summed E-state index contributed by atoms with van der Waals surface area (Å²) in [5.74, 6) is 1.39. The second-order valence-corrected chi connectivity index (χ2v) is 6.69. The minimum atomic E-state index is 0.662. The number of pyridine rings is 1. The molecule has 3 heterocycles. The molecule has 2 aromatic heterocycles. The Morgan fingerprint density at radius 1 is 1.00 bits per heavy atom. The Balaban J connectivity index is 1.41. The molecule has 5 nitrogen and oxygen atoms in total. The molecule has 0 spiro atoms. The van der Waals surface area contributed by atoms with Crippen LogP contribution in [-0.2, 0) is 0 Å². The lowest BCUT2D eigenvalue weighted by Crippen LogP contribution is -2.30. The van der Waals surface area contributed by atoms with Crippen molar-refractivity contribution in [3.05, 3.63) is 36.4 Å². The second kappa shape index (κ2) is 9.47. The monoisotopic (exact) mass is 340 g/mol. The molecule has 0 aromatic carbocycles. The zero-order valence-electron chi connectivity index (χ0n) is 15.2. The number of piperidine rings is 1. The molecule has 1 aliphatic rings. The summed E-state index contributed by atoms with van der Waals surface area (Å²) < 4.78 is 5.86. The van der Waals surface area contributed by atoms with Crippen molar-refractivity contribution >= 4 is 0 Å². The van der Waals surface area contributed by atoms with E-state index in [0.717, 1.165) is 23.5 Å². The summed E-state index contributed by atoms with van der Waals surface area (Å²) in [5, 5.41) is 0. The number of rotatable bonds is 8. The third-order valence-corrected chi connectivity index (χ3v) is 4.61. The smallest absolute Gasteiger partial charge is 0.217 e. The Kier molecular flexibility index (Phi) is 6.74. The Labute approximate surface area is 150 Å². The van der Waals surface area contributed by atoms with E-state index in [-0.39, 0.29) is 0 Å². The summed E-state index contributed by atoms with van der Waals surface area (Å²) in [6.07, 6.45) is 11.2. The standard InChI is InChI=1S/C20H28N4O/c1-17-22-19(18-8-10-21-11-9-18)16-20(23-17)25-15-7-3-6-14-24-12-4-2-5-13-24/h8-11,16H,2-7,12-15H2,1H3. The van der Waals surface area contributed by atoms with Crippen molar-refractivity contribution in [1.29, 1.82) is 0 Å². The molecule has 0 bridgehead atoms. The van der Waals surface area contributed by atoms with Gasteiger partial charge in [0.15, 0.2) is 0 Å². The first-order valence-corrected chi connectivity index (χ1v) is 9.42. The molecule has 3 rings (SSSR count). The fraction of sp³-hybridized carbons (Fsp3) is 0.550. The molecule has 0 aliphatic carbocycles. The minimum absolute atomic E-state index is 0.662. The van der Waals surface area contributed by atoms with Crippen molar-refractivity contribution in [3.63, 3.8) is 0 Å². The minimum Gasteiger partial charge on any atom is -0.478 e. The molecule has 1 aliphatic heterocycles. The average Bonchev–Trinajstić information content (AvgIpc) is 2.66. The number of likely N-dealkylation sites (tertiary alicyclic amines) is 1. The van der Waals surface area contributed by atoms with Gasteiger partial charge >= 0.3 is 0 Å². The van der Waals surface area contributed by atoms with Crippen molar-refractivity contribution in [2.24, 2.45) is 0 Å². The summed E-state index contributed by atoms with van der Waals surface area (Å²) in [7, 11) is 0. The number of aryl methyl sites for hydroxylation is 1. The molecule has 1 fully saturated rings. The molecule has 134 valence electrons. The number of hydrogen-bond acceptors (Lipinski definition) is 5. The van der Waals surface area contributed by atoms with Gasteiger partial charge in [-0.15, -0.1) is 0 Å². The quantitative estimate of drug-likeness (QED) is 0.683. The summed E-state index contributed by atoms with van der Waals surface area (Å²) in [6.45, 7) is 6.42. The van der Waals surface area contributed by atoms with Crippen molar-refractivity contribution in [2.75, 3.05) is 26.2 Å². The van der Waals surface area contributed by atoms with Gasteiger partial charge in [-0.2, -0.15) is 4.98 Å². The molecule has 0 unspecified atom stereocenters. The number of nitrogens with zero attached hydrogens (tertiary/aromatic N) is 4. The van der Waals surface area contributed by atoms with Gasteiger partial charge in [-0.3, -0.25) is 4.98 Å². The van der Waals surface area contributed by atoms with Crippen LogP contribution in [0.5, 0.6) is 5.88 Å². The molecular weight excluding hydrogens is 312 g/mol. The molecule has 25 heavy (non-hydrogen) atoms. The normalized spacial score (nSPS) is 15.2. The highest BCUT2D eigenvalue weighted by molar-refractivity contribution is 5.59. The maximum atomic E-state index is 5.86. The Morgan fingerprint density at radius 3 is 2.60 bits per heavy atom. The maximum absolute atomic E-state index is 5.86. The summed E-state index contributed by atoms with van der Waals surface area (Å²) in [5.41, 5.74) is 1.92. The fourth-order valence-electron chi connectivity index (χ4n) is 3.26. The van der Waals surface area contributed by atoms with Crippen LogP contribution in [0.2, 0.25) is 0 Å². The van der Waals surface area contributed by atoms with Crippen LogP contribution in [0.25, 0.3) is 11.3 Å². The van der Waals surface area contributed by atoms with E-state index in [9.17, 15) is 0 Å². The first-order valence-electron chi connectivity index (χ1n) is 9.42. The van der Waals surface area contributed by atoms with E-state index >= 15 is 0 Å². The maximum Gasteiger partial charge on any atom is 0.217 e. The first-order chi connectivity index (χ1) is 12.3. The summed E-state index contributed by atoms with van der Waals surface area (Å²) in [4.78, 5) is 15.5. The van der Waals surface area contributed by atoms with E-state index in [4.69, 9.17) is 4.74 Å². The van der Waals surface area contributed by atoms with E-state index in [1.807, 2.05) is 25.1 Å². The summed E-state index contributed by atoms with van der Waals surface area (Å²) >= 11 is 0. The van der Waals surface area contributed by atoms with Gasteiger partial charge in [0, 0.05) is 24.0 Å². The third kappa shape index (κ3) is 5.78. The van der Waals surface area contributed by atoms with Gasteiger partial charge in [-0.25, -0.2) is 4.98 Å². The lowest BCUT2D eigenvalue weighted by molar-refractivity contribution is 0.220. The highest BCUT2D eigenvalue weighted by Crippen LogP contribution is 2.20. The number of unbranched alkanes of at least 4 members (excludes halogenated alkanes) is 2. The van der Waals surface area contributed by atoms with E-state index in [0.29, 0.717) is 12.5 Å². The van der Waals surface area contributed by atoms with Crippen molar-refractivity contribution in [1.82, 2.24) is 19.9 Å². The predicted octanol–water partition coefficient (Wildman–Crippen LogP) is 3.88. The van der Waals surface area contributed by atoms with Crippen molar-refractivity contribution in [3.8, 4) is 17.1 Å². The molecule has 0 amide bonds. The van der Waals surface area contributed by atoms with E-state index < -0.39 is 0 Å². The Morgan fingerprint density at radius 2 is 1.80 bits per heavy atom. The molecule has 0 atom stereocenters.